The first-order chi connectivity index (χ1) is 11.2. The molecule has 0 saturated heterocycles. The van der Waals surface area contributed by atoms with Crippen molar-refractivity contribution >= 4 is 17.7 Å². The molecule has 1 amide bonds. The number of carbonyl (C=O) groups excluding carboxylic acids is 1. The second kappa shape index (κ2) is 5.96. The zero-order chi connectivity index (χ0) is 15.8. The number of benzene rings is 1. The topological polar surface area (TPSA) is 59.8 Å². The van der Waals surface area contributed by atoms with E-state index in [4.69, 9.17) is 0 Å². The third-order valence-corrected chi connectivity index (χ3v) is 4.91. The predicted molar refractivity (Wildman–Crippen MR) is 85.6 cm³/mol. The van der Waals surface area contributed by atoms with Gasteiger partial charge in [-0.25, -0.2) is 4.39 Å². The fourth-order valence-corrected chi connectivity index (χ4v) is 3.31. The van der Waals surface area contributed by atoms with Gasteiger partial charge in [0.2, 0.25) is 5.91 Å². The number of hydrogen-bond donors (Lipinski definition) is 1. The fraction of sp³-hybridized carbons (Fsp3) is 0.438. The van der Waals surface area contributed by atoms with Crippen LogP contribution in [0.2, 0.25) is 0 Å². The average Bonchev–Trinajstić information content (AvgIpc) is 3.46. The molecule has 2 aromatic rings. The van der Waals surface area contributed by atoms with E-state index in [2.05, 4.69) is 15.5 Å². The molecule has 7 heteroatoms. The highest BCUT2D eigenvalue weighted by atomic mass is 32.2. The van der Waals surface area contributed by atoms with Crippen LogP contribution in [-0.2, 0) is 4.79 Å². The van der Waals surface area contributed by atoms with Crippen LogP contribution in [0.15, 0.2) is 29.4 Å². The number of carbonyl (C=O) groups is 1. The van der Waals surface area contributed by atoms with Crippen molar-refractivity contribution in [1.29, 1.82) is 0 Å². The van der Waals surface area contributed by atoms with Crippen LogP contribution in [-0.4, -0.2) is 32.5 Å². The molecule has 2 aliphatic rings. The third kappa shape index (κ3) is 3.24. The van der Waals surface area contributed by atoms with E-state index in [1.807, 2.05) is 4.57 Å². The molecular formula is C16H17FN4OS. The molecule has 2 aliphatic carbocycles. The van der Waals surface area contributed by atoms with Crippen LogP contribution in [0, 0.1) is 5.82 Å². The lowest BCUT2D eigenvalue weighted by atomic mass is 10.2. The van der Waals surface area contributed by atoms with Crippen LogP contribution in [0.25, 0.3) is 11.4 Å². The molecule has 23 heavy (non-hydrogen) atoms. The Morgan fingerprint density at radius 3 is 2.74 bits per heavy atom. The highest BCUT2D eigenvalue weighted by Gasteiger charge is 2.31. The molecule has 1 aromatic carbocycles. The Morgan fingerprint density at radius 1 is 1.26 bits per heavy atom. The zero-order valence-corrected chi connectivity index (χ0v) is 13.4. The molecule has 0 radical (unpaired) electrons. The van der Waals surface area contributed by atoms with Gasteiger partial charge in [-0.2, -0.15) is 0 Å². The minimum atomic E-state index is -0.301. The van der Waals surface area contributed by atoms with Gasteiger partial charge in [-0.15, -0.1) is 10.2 Å². The van der Waals surface area contributed by atoms with Crippen molar-refractivity contribution in [2.24, 2.45) is 0 Å². The standard InChI is InChI=1S/C16H17FN4OS/c17-13-4-2-1-3-12(13)15-19-20-16(21(15)11-7-8-11)23-9-14(22)18-10-5-6-10/h1-4,10-11H,5-9H2,(H,18,22). The Labute approximate surface area is 137 Å². The van der Waals surface area contributed by atoms with Crippen LogP contribution in [0.1, 0.15) is 31.7 Å². The largest absolute Gasteiger partial charge is 0.353 e. The highest BCUT2D eigenvalue weighted by molar-refractivity contribution is 7.99. The molecule has 0 unspecified atom stereocenters. The number of nitrogens with one attached hydrogen (secondary N) is 1. The lowest BCUT2D eigenvalue weighted by Gasteiger charge is -2.09. The Kier molecular flexibility index (Phi) is 3.80. The van der Waals surface area contributed by atoms with Gasteiger partial charge >= 0.3 is 0 Å². The monoisotopic (exact) mass is 332 g/mol. The maximum atomic E-state index is 14.1. The van der Waals surface area contributed by atoms with Gasteiger partial charge in [0, 0.05) is 12.1 Å². The van der Waals surface area contributed by atoms with Crippen molar-refractivity contribution in [3.63, 3.8) is 0 Å². The van der Waals surface area contributed by atoms with Crippen LogP contribution >= 0.6 is 11.8 Å². The first-order valence-corrected chi connectivity index (χ1v) is 8.83. The lowest BCUT2D eigenvalue weighted by molar-refractivity contribution is -0.118. The molecule has 0 bridgehead atoms. The molecule has 0 atom stereocenters. The van der Waals surface area contributed by atoms with Crippen molar-refractivity contribution in [2.75, 3.05) is 5.75 Å². The van der Waals surface area contributed by atoms with E-state index >= 15 is 0 Å². The molecule has 4 rings (SSSR count). The van der Waals surface area contributed by atoms with Gasteiger partial charge in [-0.3, -0.25) is 9.36 Å². The normalized spacial score (nSPS) is 17.3. The summed E-state index contributed by atoms with van der Waals surface area (Å²) in [6.45, 7) is 0. The number of rotatable bonds is 6. The van der Waals surface area contributed by atoms with Crippen molar-refractivity contribution < 1.29 is 9.18 Å². The second-order valence-corrected chi connectivity index (χ2v) is 6.96. The maximum Gasteiger partial charge on any atom is 0.230 e. The summed E-state index contributed by atoms with van der Waals surface area (Å²) in [5.74, 6) is 0.592. The summed E-state index contributed by atoms with van der Waals surface area (Å²) in [7, 11) is 0. The van der Waals surface area contributed by atoms with Crippen molar-refractivity contribution in [2.45, 2.75) is 42.9 Å². The van der Waals surface area contributed by atoms with E-state index in [1.165, 1.54) is 17.8 Å². The Morgan fingerprint density at radius 2 is 2.04 bits per heavy atom. The average molecular weight is 332 g/mol. The van der Waals surface area contributed by atoms with Gasteiger partial charge in [0.05, 0.1) is 11.3 Å². The third-order valence-electron chi connectivity index (χ3n) is 3.97. The minimum Gasteiger partial charge on any atom is -0.353 e. The smallest absolute Gasteiger partial charge is 0.230 e. The van der Waals surface area contributed by atoms with E-state index < -0.39 is 0 Å². The first kappa shape index (κ1) is 14.7. The first-order valence-electron chi connectivity index (χ1n) is 7.84. The molecule has 1 N–H and O–H groups in total. The molecule has 1 heterocycles. The molecular weight excluding hydrogens is 315 g/mol. The van der Waals surface area contributed by atoms with E-state index in [9.17, 15) is 9.18 Å². The van der Waals surface area contributed by atoms with E-state index in [-0.39, 0.29) is 11.7 Å². The summed E-state index contributed by atoms with van der Waals surface area (Å²) in [5, 5.41) is 12.0. The number of hydrogen-bond acceptors (Lipinski definition) is 4. The summed E-state index contributed by atoms with van der Waals surface area (Å²) >= 11 is 1.37. The predicted octanol–water partition coefficient (Wildman–Crippen LogP) is 2.79. The number of thioether (sulfide) groups is 1. The Bertz CT molecular complexity index is 739. The van der Waals surface area contributed by atoms with Gasteiger partial charge in [0.25, 0.3) is 0 Å². The quantitative estimate of drug-likeness (QED) is 0.827. The fourth-order valence-electron chi connectivity index (χ4n) is 2.49. The summed E-state index contributed by atoms with van der Waals surface area (Å²) in [6.07, 6.45) is 4.24. The van der Waals surface area contributed by atoms with Crippen LogP contribution in [0.5, 0.6) is 0 Å². The molecule has 120 valence electrons. The Balaban J connectivity index is 1.56. The summed E-state index contributed by atoms with van der Waals surface area (Å²) in [4.78, 5) is 11.8. The number of nitrogens with zero attached hydrogens (tertiary/aromatic N) is 3. The highest BCUT2D eigenvalue weighted by Crippen LogP contribution is 2.41. The summed E-state index contributed by atoms with van der Waals surface area (Å²) < 4.78 is 16.0. The van der Waals surface area contributed by atoms with Gasteiger partial charge < -0.3 is 5.32 Å². The van der Waals surface area contributed by atoms with E-state index in [0.717, 1.165) is 25.7 Å². The number of halogens is 1. The van der Waals surface area contributed by atoms with Crippen LogP contribution in [0.3, 0.4) is 0 Å². The molecule has 2 saturated carbocycles. The molecule has 0 spiro atoms. The zero-order valence-electron chi connectivity index (χ0n) is 12.5. The van der Waals surface area contributed by atoms with Crippen molar-refractivity contribution in [3.8, 4) is 11.4 Å². The van der Waals surface area contributed by atoms with Gasteiger partial charge in [0.1, 0.15) is 5.82 Å². The lowest BCUT2D eigenvalue weighted by Crippen LogP contribution is -2.27. The SMILES string of the molecule is O=C(CSc1nnc(-c2ccccc2F)n1C1CC1)NC1CC1. The van der Waals surface area contributed by atoms with Crippen molar-refractivity contribution in [1.82, 2.24) is 20.1 Å². The van der Waals surface area contributed by atoms with Crippen molar-refractivity contribution in [3.05, 3.63) is 30.1 Å². The van der Waals surface area contributed by atoms with Gasteiger partial charge in [-0.05, 0) is 37.8 Å². The van der Waals surface area contributed by atoms with Crippen LogP contribution in [0.4, 0.5) is 4.39 Å². The molecule has 5 nitrogen and oxygen atoms in total. The van der Waals surface area contributed by atoms with Crippen LogP contribution < -0.4 is 5.32 Å². The van der Waals surface area contributed by atoms with Gasteiger partial charge in [0.15, 0.2) is 11.0 Å². The number of amides is 1. The summed E-state index contributed by atoms with van der Waals surface area (Å²) in [5.41, 5.74) is 0.459. The van der Waals surface area contributed by atoms with E-state index in [0.29, 0.717) is 34.4 Å². The minimum absolute atomic E-state index is 0.0234. The summed E-state index contributed by atoms with van der Waals surface area (Å²) in [6, 6.07) is 7.27. The maximum absolute atomic E-state index is 14.1. The number of aromatic nitrogens is 3. The Hall–Kier alpha value is -1.89. The van der Waals surface area contributed by atoms with Gasteiger partial charge in [-0.1, -0.05) is 23.9 Å². The molecule has 0 aliphatic heterocycles. The molecule has 1 aromatic heterocycles. The van der Waals surface area contributed by atoms with E-state index in [1.54, 1.807) is 18.2 Å². The second-order valence-electron chi connectivity index (χ2n) is 6.02. The molecule has 2 fully saturated rings.